The molecule has 1 aliphatic rings. The standard InChI is InChI=1S/C13H17N3O3/c14-16-15-12-9-19-11(6-13(12)17)8-18-7-10-4-2-1-3-5-10/h1-5,11-13,17H,6-9H2/t11-,12?,13?/m0/s1. The van der Waals surface area contributed by atoms with Crippen molar-refractivity contribution in [2.45, 2.75) is 31.3 Å². The van der Waals surface area contributed by atoms with Crippen LogP contribution < -0.4 is 0 Å². The fourth-order valence-electron chi connectivity index (χ4n) is 2.02. The zero-order valence-corrected chi connectivity index (χ0v) is 10.6. The molecule has 3 atom stereocenters. The van der Waals surface area contributed by atoms with E-state index in [1.54, 1.807) is 0 Å². The summed E-state index contributed by atoms with van der Waals surface area (Å²) in [5.74, 6) is 0. The predicted octanol–water partition coefficient (Wildman–Crippen LogP) is 2.03. The highest BCUT2D eigenvalue weighted by Crippen LogP contribution is 2.17. The predicted molar refractivity (Wildman–Crippen MR) is 69.4 cm³/mol. The number of benzene rings is 1. The van der Waals surface area contributed by atoms with Crippen molar-refractivity contribution < 1.29 is 14.6 Å². The minimum absolute atomic E-state index is 0.149. The molecular weight excluding hydrogens is 246 g/mol. The SMILES string of the molecule is [N-]=[N+]=NC1CO[C@H](COCc2ccccc2)CC1O. The molecule has 0 spiro atoms. The van der Waals surface area contributed by atoms with Crippen LogP contribution in [0, 0.1) is 0 Å². The van der Waals surface area contributed by atoms with Crippen molar-refractivity contribution in [1.82, 2.24) is 0 Å². The quantitative estimate of drug-likeness (QED) is 0.501. The van der Waals surface area contributed by atoms with Crippen LogP contribution in [0.4, 0.5) is 0 Å². The smallest absolute Gasteiger partial charge is 0.0868 e. The third-order valence-corrected chi connectivity index (χ3v) is 3.07. The maximum absolute atomic E-state index is 9.79. The second-order valence-electron chi connectivity index (χ2n) is 4.53. The number of rotatable bonds is 5. The van der Waals surface area contributed by atoms with E-state index >= 15 is 0 Å². The van der Waals surface area contributed by atoms with Gasteiger partial charge in [-0.1, -0.05) is 35.4 Å². The Morgan fingerprint density at radius 3 is 2.89 bits per heavy atom. The Hall–Kier alpha value is -1.59. The first kappa shape index (κ1) is 13.8. The highest BCUT2D eigenvalue weighted by Gasteiger charge is 2.29. The van der Waals surface area contributed by atoms with Crippen LogP contribution in [0.1, 0.15) is 12.0 Å². The zero-order valence-electron chi connectivity index (χ0n) is 10.6. The Balaban J connectivity index is 1.72. The van der Waals surface area contributed by atoms with Gasteiger partial charge >= 0.3 is 0 Å². The van der Waals surface area contributed by atoms with E-state index < -0.39 is 12.1 Å². The molecule has 1 heterocycles. The van der Waals surface area contributed by atoms with Gasteiger partial charge in [-0.05, 0) is 11.1 Å². The first-order valence-electron chi connectivity index (χ1n) is 6.25. The topological polar surface area (TPSA) is 87.5 Å². The van der Waals surface area contributed by atoms with Crippen molar-refractivity contribution in [1.29, 1.82) is 0 Å². The molecule has 0 bridgehead atoms. The van der Waals surface area contributed by atoms with Crippen LogP contribution >= 0.6 is 0 Å². The van der Waals surface area contributed by atoms with Crippen LogP contribution in [0.3, 0.4) is 0 Å². The van der Waals surface area contributed by atoms with Crippen LogP contribution in [0.5, 0.6) is 0 Å². The summed E-state index contributed by atoms with van der Waals surface area (Å²) in [7, 11) is 0. The van der Waals surface area contributed by atoms with E-state index in [2.05, 4.69) is 10.0 Å². The highest BCUT2D eigenvalue weighted by molar-refractivity contribution is 5.13. The number of hydrogen-bond acceptors (Lipinski definition) is 4. The molecule has 2 unspecified atom stereocenters. The number of aliphatic hydroxyl groups excluding tert-OH is 1. The van der Waals surface area contributed by atoms with Gasteiger partial charge in [0.2, 0.25) is 0 Å². The summed E-state index contributed by atoms with van der Waals surface area (Å²) in [6.45, 7) is 1.19. The molecule has 0 amide bonds. The lowest BCUT2D eigenvalue weighted by Crippen LogP contribution is -2.41. The lowest BCUT2D eigenvalue weighted by Gasteiger charge is -2.30. The van der Waals surface area contributed by atoms with Gasteiger partial charge in [0.05, 0.1) is 38.1 Å². The van der Waals surface area contributed by atoms with Crippen molar-refractivity contribution in [2.75, 3.05) is 13.2 Å². The van der Waals surface area contributed by atoms with E-state index in [4.69, 9.17) is 15.0 Å². The van der Waals surface area contributed by atoms with Crippen LogP contribution in [0.25, 0.3) is 10.4 Å². The number of ether oxygens (including phenoxy) is 2. The van der Waals surface area contributed by atoms with Gasteiger partial charge in [-0.2, -0.15) is 0 Å². The van der Waals surface area contributed by atoms with Gasteiger partial charge in [-0.15, -0.1) is 0 Å². The largest absolute Gasteiger partial charge is 0.393 e. The molecule has 6 heteroatoms. The molecule has 2 rings (SSSR count). The Labute approximate surface area is 111 Å². The van der Waals surface area contributed by atoms with E-state index in [1.807, 2.05) is 30.3 Å². The molecule has 0 radical (unpaired) electrons. The molecule has 19 heavy (non-hydrogen) atoms. The van der Waals surface area contributed by atoms with Crippen LogP contribution in [0.15, 0.2) is 35.4 Å². The van der Waals surface area contributed by atoms with Gasteiger partial charge < -0.3 is 14.6 Å². The van der Waals surface area contributed by atoms with E-state index in [0.717, 1.165) is 5.56 Å². The summed E-state index contributed by atoms with van der Waals surface area (Å²) in [5, 5.41) is 13.3. The average Bonchev–Trinajstić information content (AvgIpc) is 2.43. The zero-order chi connectivity index (χ0) is 13.5. The normalized spacial score (nSPS) is 26.7. The van der Waals surface area contributed by atoms with E-state index in [0.29, 0.717) is 19.6 Å². The van der Waals surface area contributed by atoms with Gasteiger partial charge in [-0.25, -0.2) is 0 Å². The second kappa shape index (κ2) is 7.11. The van der Waals surface area contributed by atoms with Gasteiger partial charge in [0.25, 0.3) is 0 Å². The van der Waals surface area contributed by atoms with Gasteiger partial charge in [-0.3, -0.25) is 0 Å². The molecule has 1 aliphatic heterocycles. The summed E-state index contributed by atoms with van der Waals surface area (Å²) < 4.78 is 11.1. The lowest BCUT2D eigenvalue weighted by molar-refractivity contribution is -0.0903. The van der Waals surface area contributed by atoms with Crippen molar-refractivity contribution in [3.8, 4) is 0 Å². The number of nitrogens with zero attached hydrogens (tertiary/aromatic N) is 3. The Morgan fingerprint density at radius 2 is 2.21 bits per heavy atom. The van der Waals surface area contributed by atoms with Gasteiger partial charge in [0, 0.05) is 11.3 Å². The molecule has 1 aromatic carbocycles. The van der Waals surface area contributed by atoms with E-state index in [-0.39, 0.29) is 12.7 Å². The molecule has 1 aromatic rings. The van der Waals surface area contributed by atoms with Gasteiger partial charge in [0.15, 0.2) is 0 Å². The molecular formula is C13H17N3O3. The first-order valence-corrected chi connectivity index (χ1v) is 6.25. The van der Waals surface area contributed by atoms with E-state index in [1.165, 1.54) is 0 Å². The third kappa shape index (κ3) is 4.22. The molecule has 1 N–H and O–H groups in total. The van der Waals surface area contributed by atoms with Crippen LogP contribution in [0.2, 0.25) is 0 Å². The molecule has 0 aliphatic carbocycles. The highest BCUT2D eigenvalue weighted by atomic mass is 16.5. The fraction of sp³-hybridized carbons (Fsp3) is 0.538. The summed E-state index contributed by atoms with van der Waals surface area (Å²) in [6.07, 6.45) is -0.378. The molecule has 102 valence electrons. The van der Waals surface area contributed by atoms with E-state index in [9.17, 15) is 5.11 Å². The molecule has 0 saturated carbocycles. The maximum Gasteiger partial charge on any atom is 0.0868 e. The summed E-state index contributed by atoms with van der Waals surface area (Å²) >= 11 is 0. The average molecular weight is 263 g/mol. The Kier molecular flexibility index (Phi) is 5.18. The fourth-order valence-corrected chi connectivity index (χ4v) is 2.02. The van der Waals surface area contributed by atoms with Crippen molar-refractivity contribution >= 4 is 0 Å². The van der Waals surface area contributed by atoms with Crippen molar-refractivity contribution in [2.24, 2.45) is 5.11 Å². The molecule has 1 saturated heterocycles. The number of hydrogen-bond donors (Lipinski definition) is 1. The Bertz CT molecular complexity index is 434. The monoisotopic (exact) mass is 263 g/mol. The van der Waals surface area contributed by atoms with Gasteiger partial charge in [0.1, 0.15) is 0 Å². The minimum atomic E-state index is -0.657. The maximum atomic E-state index is 9.79. The molecule has 6 nitrogen and oxygen atoms in total. The van der Waals surface area contributed by atoms with Crippen molar-refractivity contribution in [3.63, 3.8) is 0 Å². The van der Waals surface area contributed by atoms with Crippen LogP contribution in [-0.2, 0) is 16.1 Å². The summed E-state index contributed by atoms with van der Waals surface area (Å²) in [6, 6.07) is 9.38. The third-order valence-electron chi connectivity index (χ3n) is 3.07. The first-order chi connectivity index (χ1) is 9.29. The lowest BCUT2D eigenvalue weighted by atomic mass is 10.0. The summed E-state index contributed by atoms with van der Waals surface area (Å²) in [4.78, 5) is 2.69. The minimum Gasteiger partial charge on any atom is -0.393 e. The van der Waals surface area contributed by atoms with Crippen molar-refractivity contribution in [3.05, 3.63) is 46.3 Å². The van der Waals surface area contributed by atoms with Crippen LogP contribution in [-0.4, -0.2) is 36.6 Å². The molecule has 1 fully saturated rings. The number of azide groups is 1. The second-order valence-corrected chi connectivity index (χ2v) is 4.53. The molecule has 0 aromatic heterocycles. The summed E-state index contributed by atoms with van der Waals surface area (Å²) in [5.41, 5.74) is 9.44. The number of aliphatic hydroxyl groups is 1. The Morgan fingerprint density at radius 1 is 1.42 bits per heavy atom.